The van der Waals surface area contributed by atoms with Gasteiger partial charge in [0.1, 0.15) is 11.5 Å². The van der Waals surface area contributed by atoms with Crippen LogP contribution in [0.2, 0.25) is 0 Å². The number of hydrogen-bond donors (Lipinski definition) is 2. The number of amides is 2. The minimum absolute atomic E-state index is 0.259. The standard InChI is InChI=1S/C24H21N3O5/c1-16-11-13-17(14-12-16)24(30)32-20-9-5-3-7-18(20)15-25-27-23(29)22(28)26-19-8-4-6-10-21(19)31-2/h3-15H,1-2H3,(H,26,28)(H,27,29). The second-order valence-electron chi connectivity index (χ2n) is 6.65. The fourth-order valence-corrected chi connectivity index (χ4v) is 2.67. The first-order chi connectivity index (χ1) is 15.5. The van der Waals surface area contributed by atoms with Crippen LogP contribution in [0, 0.1) is 6.92 Å². The van der Waals surface area contributed by atoms with Crippen molar-refractivity contribution in [2.45, 2.75) is 6.92 Å². The molecule has 0 saturated carbocycles. The second-order valence-corrected chi connectivity index (χ2v) is 6.65. The summed E-state index contributed by atoms with van der Waals surface area (Å²) < 4.78 is 10.6. The fraction of sp³-hybridized carbons (Fsp3) is 0.0833. The topological polar surface area (TPSA) is 106 Å². The van der Waals surface area contributed by atoms with E-state index in [1.165, 1.54) is 13.3 Å². The van der Waals surface area contributed by atoms with Crippen molar-refractivity contribution in [2.75, 3.05) is 12.4 Å². The quantitative estimate of drug-likeness (QED) is 0.205. The van der Waals surface area contributed by atoms with Crippen LogP contribution in [0.25, 0.3) is 0 Å². The van der Waals surface area contributed by atoms with Crippen molar-refractivity contribution in [1.82, 2.24) is 5.43 Å². The Bertz CT molecular complexity index is 1160. The van der Waals surface area contributed by atoms with Crippen molar-refractivity contribution in [1.29, 1.82) is 0 Å². The summed E-state index contributed by atoms with van der Waals surface area (Å²) in [5.41, 5.74) is 4.37. The lowest BCUT2D eigenvalue weighted by atomic mass is 10.1. The molecule has 8 nitrogen and oxygen atoms in total. The lowest BCUT2D eigenvalue weighted by molar-refractivity contribution is -0.136. The Morgan fingerprint density at radius 2 is 1.50 bits per heavy atom. The van der Waals surface area contributed by atoms with Gasteiger partial charge in [0.25, 0.3) is 0 Å². The highest BCUT2D eigenvalue weighted by Gasteiger charge is 2.15. The first-order valence-corrected chi connectivity index (χ1v) is 9.63. The summed E-state index contributed by atoms with van der Waals surface area (Å²) in [7, 11) is 1.46. The Morgan fingerprint density at radius 1 is 0.844 bits per heavy atom. The van der Waals surface area contributed by atoms with E-state index in [0.717, 1.165) is 5.56 Å². The molecule has 2 amide bonds. The Labute approximate surface area is 184 Å². The number of para-hydroxylation sites is 3. The van der Waals surface area contributed by atoms with Crippen molar-refractivity contribution in [2.24, 2.45) is 5.10 Å². The molecule has 3 rings (SSSR count). The molecule has 0 aromatic heterocycles. The molecule has 0 atom stereocenters. The summed E-state index contributed by atoms with van der Waals surface area (Å²) >= 11 is 0. The molecule has 162 valence electrons. The van der Waals surface area contributed by atoms with Crippen LogP contribution in [0.5, 0.6) is 11.5 Å². The summed E-state index contributed by atoms with van der Waals surface area (Å²) in [5.74, 6) is -1.73. The van der Waals surface area contributed by atoms with E-state index < -0.39 is 17.8 Å². The number of nitrogens with zero attached hydrogens (tertiary/aromatic N) is 1. The Kier molecular flexibility index (Phi) is 7.32. The van der Waals surface area contributed by atoms with E-state index in [-0.39, 0.29) is 5.75 Å². The molecule has 0 saturated heterocycles. The number of carbonyl (C=O) groups is 3. The van der Waals surface area contributed by atoms with E-state index in [4.69, 9.17) is 9.47 Å². The molecule has 0 aliphatic heterocycles. The van der Waals surface area contributed by atoms with Gasteiger partial charge in [-0.05, 0) is 43.3 Å². The maximum absolute atomic E-state index is 12.4. The van der Waals surface area contributed by atoms with Crippen LogP contribution in [0.1, 0.15) is 21.5 Å². The monoisotopic (exact) mass is 431 g/mol. The normalized spacial score (nSPS) is 10.4. The number of nitrogens with one attached hydrogen (secondary N) is 2. The molecule has 2 N–H and O–H groups in total. The van der Waals surface area contributed by atoms with E-state index in [2.05, 4.69) is 15.8 Å². The Hall–Kier alpha value is -4.46. The summed E-state index contributed by atoms with van der Waals surface area (Å²) in [5, 5.41) is 6.24. The first kappa shape index (κ1) is 22.2. The Balaban J connectivity index is 1.63. The number of methoxy groups -OCH3 is 1. The SMILES string of the molecule is COc1ccccc1NC(=O)C(=O)NN=Cc1ccccc1OC(=O)c1ccc(C)cc1. The van der Waals surface area contributed by atoms with Crippen LogP contribution < -0.4 is 20.2 Å². The van der Waals surface area contributed by atoms with E-state index in [0.29, 0.717) is 22.6 Å². The third-order valence-electron chi connectivity index (χ3n) is 4.34. The maximum Gasteiger partial charge on any atom is 0.343 e. The van der Waals surface area contributed by atoms with Gasteiger partial charge in [0, 0.05) is 5.56 Å². The zero-order chi connectivity index (χ0) is 22.9. The second kappa shape index (κ2) is 10.5. The lowest BCUT2D eigenvalue weighted by Crippen LogP contribution is -2.32. The molecule has 0 bridgehead atoms. The van der Waals surface area contributed by atoms with Crippen molar-refractivity contribution < 1.29 is 23.9 Å². The number of aryl methyl sites for hydroxylation is 1. The van der Waals surface area contributed by atoms with Gasteiger partial charge in [-0.3, -0.25) is 9.59 Å². The molecule has 0 heterocycles. The summed E-state index contributed by atoms with van der Waals surface area (Å²) in [6, 6.07) is 20.4. The zero-order valence-electron chi connectivity index (χ0n) is 17.5. The third kappa shape index (κ3) is 5.79. The summed E-state index contributed by atoms with van der Waals surface area (Å²) in [6.45, 7) is 1.92. The van der Waals surface area contributed by atoms with Gasteiger partial charge in [-0.2, -0.15) is 5.10 Å². The lowest BCUT2D eigenvalue weighted by Gasteiger charge is -2.09. The largest absolute Gasteiger partial charge is 0.495 e. The molecule has 0 spiro atoms. The number of anilines is 1. The highest BCUT2D eigenvalue weighted by atomic mass is 16.5. The molecule has 0 aliphatic carbocycles. The van der Waals surface area contributed by atoms with Gasteiger partial charge in [0.2, 0.25) is 0 Å². The van der Waals surface area contributed by atoms with E-state index in [9.17, 15) is 14.4 Å². The number of rotatable bonds is 6. The van der Waals surface area contributed by atoms with Crippen LogP contribution >= 0.6 is 0 Å². The predicted octanol–water partition coefficient (Wildman–Crippen LogP) is 3.31. The van der Waals surface area contributed by atoms with Crippen molar-refractivity contribution in [3.63, 3.8) is 0 Å². The predicted molar refractivity (Wildman–Crippen MR) is 120 cm³/mol. The average molecular weight is 431 g/mol. The molecule has 0 unspecified atom stereocenters. The molecular formula is C24H21N3O5. The smallest absolute Gasteiger partial charge is 0.343 e. The average Bonchev–Trinajstić information content (AvgIpc) is 2.80. The zero-order valence-corrected chi connectivity index (χ0v) is 17.5. The van der Waals surface area contributed by atoms with Gasteiger partial charge in [0.15, 0.2) is 0 Å². The molecular weight excluding hydrogens is 410 g/mol. The van der Waals surface area contributed by atoms with Gasteiger partial charge in [-0.15, -0.1) is 0 Å². The van der Waals surface area contributed by atoms with Gasteiger partial charge in [0.05, 0.1) is 24.6 Å². The van der Waals surface area contributed by atoms with Crippen molar-refractivity contribution >= 4 is 29.7 Å². The molecule has 0 aliphatic rings. The number of hydrazone groups is 1. The number of esters is 1. The molecule has 0 radical (unpaired) electrons. The number of hydrogen-bond acceptors (Lipinski definition) is 6. The van der Waals surface area contributed by atoms with Crippen LogP contribution in [0.3, 0.4) is 0 Å². The van der Waals surface area contributed by atoms with Crippen LogP contribution in [0.4, 0.5) is 5.69 Å². The first-order valence-electron chi connectivity index (χ1n) is 9.63. The highest BCUT2D eigenvalue weighted by Crippen LogP contribution is 2.22. The number of ether oxygens (including phenoxy) is 2. The molecule has 8 heteroatoms. The molecule has 3 aromatic carbocycles. The maximum atomic E-state index is 12.4. The van der Waals surface area contributed by atoms with Gasteiger partial charge >= 0.3 is 17.8 Å². The number of carbonyl (C=O) groups excluding carboxylic acids is 3. The van der Waals surface area contributed by atoms with Crippen LogP contribution in [-0.4, -0.2) is 31.1 Å². The third-order valence-corrected chi connectivity index (χ3v) is 4.34. The summed E-state index contributed by atoms with van der Waals surface area (Å²) in [4.78, 5) is 36.5. The van der Waals surface area contributed by atoms with E-state index in [1.54, 1.807) is 60.7 Å². The molecule has 32 heavy (non-hydrogen) atoms. The van der Waals surface area contributed by atoms with Crippen LogP contribution in [-0.2, 0) is 9.59 Å². The molecule has 3 aromatic rings. The van der Waals surface area contributed by atoms with E-state index >= 15 is 0 Å². The van der Waals surface area contributed by atoms with Crippen molar-refractivity contribution in [3.8, 4) is 11.5 Å². The minimum atomic E-state index is -0.971. The van der Waals surface area contributed by atoms with Gasteiger partial charge < -0.3 is 14.8 Å². The summed E-state index contributed by atoms with van der Waals surface area (Å²) in [6.07, 6.45) is 1.28. The minimum Gasteiger partial charge on any atom is -0.495 e. The fourth-order valence-electron chi connectivity index (χ4n) is 2.67. The van der Waals surface area contributed by atoms with E-state index in [1.807, 2.05) is 19.1 Å². The Morgan fingerprint density at radius 3 is 2.22 bits per heavy atom. The van der Waals surface area contributed by atoms with Gasteiger partial charge in [-0.25, -0.2) is 10.2 Å². The highest BCUT2D eigenvalue weighted by molar-refractivity contribution is 6.39. The number of benzene rings is 3. The molecule has 0 fully saturated rings. The van der Waals surface area contributed by atoms with Crippen LogP contribution in [0.15, 0.2) is 77.9 Å². The van der Waals surface area contributed by atoms with Crippen molar-refractivity contribution in [3.05, 3.63) is 89.5 Å². The van der Waals surface area contributed by atoms with Gasteiger partial charge in [-0.1, -0.05) is 42.0 Å².